The summed E-state index contributed by atoms with van der Waals surface area (Å²) >= 11 is 0. The molecule has 132 valence electrons. The Morgan fingerprint density at radius 1 is 1.12 bits per heavy atom. The Morgan fingerprint density at radius 3 is 2.24 bits per heavy atom. The molecule has 0 atom stereocenters. The molecule has 0 spiro atoms. The van der Waals surface area contributed by atoms with Crippen LogP contribution in [0.3, 0.4) is 0 Å². The molecule has 9 heteroatoms. The van der Waals surface area contributed by atoms with Crippen molar-refractivity contribution in [3.63, 3.8) is 0 Å². The Balaban J connectivity index is 2.46. The quantitative estimate of drug-likeness (QED) is 0.807. The van der Waals surface area contributed by atoms with Gasteiger partial charge < -0.3 is 11.1 Å². The first kappa shape index (κ1) is 18.4. The molecule has 0 heterocycles. The van der Waals surface area contributed by atoms with E-state index in [0.717, 1.165) is 6.07 Å². The first-order valence-electron chi connectivity index (χ1n) is 7.15. The standard InChI is InChI=1S/C16H16FN3O4S/c1-11(21)19-12-6-8-13(9-7-12)25(23,24)20(10-16(18)22)15-5-3-2-4-14(15)17/h2-9H,10H2,1H3,(H2,18,22)(H,19,21). The predicted octanol–water partition coefficient (Wildman–Crippen LogP) is 1.46. The van der Waals surface area contributed by atoms with Crippen molar-refractivity contribution in [2.24, 2.45) is 5.73 Å². The van der Waals surface area contributed by atoms with Crippen LogP contribution in [0.1, 0.15) is 6.92 Å². The molecule has 7 nitrogen and oxygen atoms in total. The third-order valence-corrected chi connectivity index (χ3v) is 4.96. The monoisotopic (exact) mass is 365 g/mol. The second kappa shape index (κ2) is 7.31. The van der Waals surface area contributed by atoms with Crippen molar-refractivity contribution in [3.05, 3.63) is 54.3 Å². The molecular formula is C16H16FN3O4S. The molecule has 25 heavy (non-hydrogen) atoms. The van der Waals surface area contributed by atoms with E-state index in [-0.39, 0.29) is 16.5 Å². The predicted molar refractivity (Wildman–Crippen MR) is 90.9 cm³/mol. The fourth-order valence-corrected chi connectivity index (χ4v) is 3.57. The molecule has 0 aromatic heterocycles. The summed E-state index contributed by atoms with van der Waals surface area (Å²) in [6.45, 7) is 0.605. The summed E-state index contributed by atoms with van der Waals surface area (Å²) in [5.41, 5.74) is 5.24. The summed E-state index contributed by atoms with van der Waals surface area (Å²) in [7, 11) is -4.24. The number of nitrogens with one attached hydrogen (secondary N) is 1. The topological polar surface area (TPSA) is 110 Å². The number of anilines is 2. The lowest BCUT2D eigenvalue weighted by Crippen LogP contribution is -2.39. The van der Waals surface area contributed by atoms with Crippen LogP contribution in [0.5, 0.6) is 0 Å². The number of hydrogen-bond donors (Lipinski definition) is 2. The van der Waals surface area contributed by atoms with E-state index >= 15 is 0 Å². The van der Waals surface area contributed by atoms with E-state index in [1.54, 1.807) is 0 Å². The van der Waals surface area contributed by atoms with Crippen LogP contribution in [0.15, 0.2) is 53.4 Å². The zero-order valence-corrected chi connectivity index (χ0v) is 14.1. The van der Waals surface area contributed by atoms with Crippen molar-refractivity contribution >= 4 is 33.2 Å². The van der Waals surface area contributed by atoms with Gasteiger partial charge in [0.2, 0.25) is 11.8 Å². The maximum atomic E-state index is 14.0. The summed E-state index contributed by atoms with van der Waals surface area (Å²) in [6, 6.07) is 10.4. The highest BCUT2D eigenvalue weighted by atomic mass is 32.2. The fraction of sp³-hybridized carbons (Fsp3) is 0.125. The Morgan fingerprint density at radius 2 is 1.72 bits per heavy atom. The molecule has 0 aliphatic rings. The summed E-state index contributed by atoms with van der Waals surface area (Å²) in [5, 5.41) is 2.50. The van der Waals surface area contributed by atoms with Crippen LogP contribution in [0.4, 0.5) is 15.8 Å². The van der Waals surface area contributed by atoms with Gasteiger partial charge >= 0.3 is 0 Å². The van der Waals surface area contributed by atoms with Gasteiger partial charge in [-0.1, -0.05) is 12.1 Å². The second-order valence-electron chi connectivity index (χ2n) is 5.13. The van der Waals surface area contributed by atoms with Crippen LogP contribution in [0, 0.1) is 5.82 Å². The van der Waals surface area contributed by atoms with Gasteiger partial charge in [0.15, 0.2) is 0 Å². The molecule has 0 unspecified atom stereocenters. The lowest BCUT2D eigenvalue weighted by atomic mass is 10.3. The molecule has 0 radical (unpaired) electrons. The zero-order valence-electron chi connectivity index (χ0n) is 13.3. The number of carbonyl (C=O) groups is 2. The molecule has 2 rings (SSSR count). The van der Waals surface area contributed by atoms with Gasteiger partial charge in [0.1, 0.15) is 12.4 Å². The van der Waals surface area contributed by atoms with Gasteiger partial charge in [0.05, 0.1) is 10.6 Å². The number of amides is 2. The Labute approximate surface area is 144 Å². The molecule has 0 bridgehead atoms. The van der Waals surface area contributed by atoms with E-state index in [1.807, 2.05) is 0 Å². The van der Waals surface area contributed by atoms with Gasteiger partial charge in [-0.3, -0.25) is 13.9 Å². The SMILES string of the molecule is CC(=O)Nc1ccc(S(=O)(=O)N(CC(N)=O)c2ccccc2F)cc1. The lowest BCUT2D eigenvalue weighted by molar-refractivity contribution is -0.116. The fourth-order valence-electron chi connectivity index (χ4n) is 2.14. The van der Waals surface area contributed by atoms with Crippen LogP contribution < -0.4 is 15.4 Å². The number of carbonyl (C=O) groups excluding carboxylic acids is 2. The van der Waals surface area contributed by atoms with Gasteiger partial charge in [-0.05, 0) is 36.4 Å². The Bertz CT molecular complexity index is 898. The first-order valence-corrected chi connectivity index (χ1v) is 8.59. The third-order valence-electron chi connectivity index (χ3n) is 3.18. The molecule has 2 aromatic carbocycles. The van der Waals surface area contributed by atoms with Gasteiger partial charge in [0.25, 0.3) is 10.0 Å². The number of nitrogens with two attached hydrogens (primary N) is 1. The summed E-state index contributed by atoms with van der Waals surface area (Å²) in [6.07, 6.45) is 0. The van der Waals surface area contributed by atoms with Crippen LogP contribution in [0.2, 0.25) is 0 Å². The van der Waals surface area contributed by atoms with E-state index < -0.39 is 28.3 Å². The van der Waals surface area contributed by atoms with E-state index in [0.29, 0.717) is 9.99 Å². The highest BCUT2D eigenvalue weighted by molar-refractivity contribution is 7.92. The smallest absolute Gasteiger partial charge is 0.264 e. The summed E-state index contributed by atoms with van der Waals surface area (Å²) in [4.78, 5) is 22.1. The highest BCUT2D eigenvalue weighted by Crippen LogP contribution is 2.26. The number of primary amides is 1. The van der Waals surface area contributed by atoms with Gasteiger partial charge in [-0.15, -0.1) is 0 Å². The Hall–Kier alpha value is -2.94. The molecule has 2 aromatic rings. The Kier molecular flexibility index (Phi) is 5.38. The minimum Gasteiger partial charge on any atom is -0.368 e. The number of benzene rings is 2. The third kappa shape index (κ3) is 4.32. The van der Waals surface area contributed by atoms with Gasteiger partial charge in [-0.2, -0.15) is 0 Å². The van der Waals surface area contributed by atoms with Crippen molar-refractivity contribution < 1.29 is 22.4 Å². The largest absolute Gasteiger partial charge is 0.368 e. The van der Waals surface area contributed by atoms with Crippen molar-refractivity contribution in [1.82, 2.24) is 0 Å². The van der Waals surface area contributed by atoms with E-state index in [9.17, 15) is 22.4 Å². The molecular weight excluding hydrogens is 349 g/mol. The number of hydrogen-bond acceptors (Lipinski definition) is 4. The minimum atomic E-state index is -4.24. The maximum absolute atomic E-state index is 14.0. The van der Waals surface area contributed by atoms with Crippen molar-refractivity contribution in [2.45, 2.75) is 11.8 Å². The summed E-state index contributed by atoms with van der Waals surface area (Å²) < 4.78 is 40.3. The molecule has 0 aliphatic carbocycles. The van der Waals surface area contributed by atoms with E-state index in [4.69, 9.17) is 5.73 Å². The average molecular weight is 365 g/mol. The molecule has 0 saturated carbocycles. The van der Waals surface area contributed by atoms with Gasteiger partial charge in [0, 0.05) is 12.6 Å². The van der Waals surface area contributed by atoms with Crippen molar-refractivity contribution in [2.75, 3.05) is 16.2 Å². The molecule has 0 saturated heterocycles. The minimum absolute atomic E-state index is 0.175. The maximum Gasteiger partial charge on any atom is 0.264 e. The van der Waals surface area contributed by atoms with Crippen LogP contribution in [-0.4, -0.2) is 26.8 Å². The van der Waals surface area contributed by atoms with E-state index in [2.05, 4.69) is 5.32 Å². The average Bonchev–Trinajstić information content (AvgIpc) is 2.53. The molecule has 2 amide bonds. The lowest BCUT2D eigenvalue weighted by Gasteiger charge is -2.23. The second-order valence-corrected chi connectivity index (χ2v) is 7.00. The molecule has 0 fully saturated rings. The number of rotatable bonds is 6. The highest BCUT2D eigenvalue weighted by Gasteiger charge is 2.28. The van der Waals surface area contributed by atoms with E-state index in [1.165, 1.54) is 49.4 Å². The van der Waals surface area contributed by atoms with Crippen molar-refractivity contribution in [1.29, 1.82) is 0 Å². The van der Waals surface area contributed by atoms with Gasteiger partial charge in [-0.25, -0.2) is 12.8 Å². The summed E-state index contributed by atoms with van der Waals surface area (Å²) in [5.74, 6) is -2.04. The number of nitrogens with zero attached hydrogens (tertiary/aromatic N) is 1. The van der Waals surface area contributed by atoms with Crippen molar-refractivity contribution in [3.8, 4) is 0 Å². The zero-order chi connectivity index (χ0) is 18.6. The first-order chi connectivity index (χ1) is 11.7. The molecule has 3 N–H and O–H groups in total. The number of para-hydroxylation sites is 1. The number of sulfonamides is 1. The molecule has 0 aliphatic heterocycles. The van der Waals surface area contributed by atoms with Crippen LogP contribution in [0.25, 0.3) is 0 Å². The normalized spacial score (nSPS) is 11.0. The number of halogens is 1. The van der Waals surface area contributed by atoms with Crippen LogP contribution >= 0.6 is 0 Å². The van der Waals surface area contributed by atoms with Crippen LogP contribution in [-0.2, 0) is 19.6 Å².